The second-order valence-electron chi connectivity index (χ2n) is 4.97. The summed E-state index contributed by atoms with van der Waals surface area (Å²) in [4.78, 5) is 0. The van der Waals surface area contributed by atoms with E-state index in [1.807, 2.05) is 0 Å². The third-order valence-electron chi connectivity index (χ3n) is 3.89. The molecule has 0 aromatic carbocycles. The minimum atomic E-state index is 0.626. The van der Waals surface area contributed by atoms with Crippen LogP contribution >= 0.6 is 0 Å². The van der Waals surface area contributed by atoms with Crippen molar-refractivity contribution >= 4 is 0 Å². The van der Waals surface area contributed by atoms with E-state index in [1.165, 1.54) is 25.7 Å². The largest absolute Gasteiger partial charge is 0.380 e. The van der Waals surface area contributed by atoms with Gasteiger partial charge in [-0.05, 0) is 37.5 Å². The fraction of sp³-hybridized carbons (Fsp3) is 0.833. The molecule has 1 N–H and O–H groups in total. The molecule has 1 saturated carbocycles. The third kappa shape index (κ3) is 1.61. The van der Waals surface area contributed by atoms with Crippen LogP contribution in [-0.2, 0) is 4.74 Å². The second kappa shape index (κ2) is 3.67. The number of fused-ring (bicyclic) bond motifs is 2. The molecule has 2 nitrogen and oxygen atoms in total. The lowest BCUT2D eigenvalue weighted by atomic mass is 9.99. The van der Waals surface area contributed by atoms with Gasteiger partial charge in [-0.1, -0.05) is 12.2 Å². The summed E-state index contributed by atoms with van der Waals surface area (Å²) in [5, 5.41) is 3.77. The lowest BCUT2D eigenvalue weighted by Gasteiger charge is -2.29. The van der Waals surface area contributed by atoms with Gasteiger partial charge < -0.3 is 10.1 Å². The number of nitrogens with one attached hydrogen (secondary N) is 1. The Labute approximate surface area is 85.7 Å². The highest BCUT2D eigenvalue weighted by Crippen LogP contribution is 2.39. The van der Waals surface area contributed by atoms with Gasteiger partial charge in [0.05, 0.1) is 6.61 Å². The summed E-state index contributed by atoms with van der Waals surface area (Å²) in [6.07, 6.45) is 10.1. The van der Waals surface area contributed by atoms with Crippen LogP contribution in [0.25, 0.3) is 0 Å². The van der Waals surface area contributed by atoms with Crippen molar-refractivity contribution in [2.24, 2.45) is 11.8 Å². The molecular weight excluding hydrogens is 174 g/mol. The van der Waals surface area contributed by atoms with Gasteiger partial charge in [0, 0.05) is 18.7 Å². The van der Waals surface area contributed by atoms with Crippen LogP contribution in [0.1, 0.15) is 25.7 Å². The zero-order valence-corrected chi connectivity index (χ0v) is 8.61. The predicted octanol–water partition coefficient (Wildman–Crippen LogP) is 1.72. The van der Waals surface area contributed by atoms with Gasteiger partial charge in [0.25, 0.3) is 0 Å². The normalized spacial score (nSPS) is 46.0. The fourth-order valence-corrected chi connectivity index (χ4v) is 3.15. The summed E-state index contributed by atoms with van der Waals surface area (Å²) in [7, 11) is 0. The van der Waals surface area contributed by atoms with Crippen molar-refractivity contribution in [1.29, 1.82) is 0 Å². The van der Waals surface area contributed by atoms with Gasteiger partial charge >= 0.3 is 0 Å². The van der Waals surface area contributed by atoms with Gasteiger partial charge in [-0.25, -0.2) is 0 Å². The summed E-state index contributed by atoms with van der Waals surface area (Å²) < 4.78 is 5.49. The van der Waals surface area contributed by atoms with E-state index >= 15 is 0 Å². The van der Waals surface area contributed by atoms with E-state index in [1.54, 1.807) is 0 Å². The molecular formula is C12H19NO. The highest BCUT2D eigenvalue weighted by Gasteiger charge is 2.36. The molecule has 2 heteroatoms. The van der Waals surface area contributed by atoms with Crippen molar-refractivity contribution in [3.8, 4) is 0 Å². The molecule has 0 aromatic heterocycles. The van der Waals surface area contributed by atoms with Crippen LogP contribution in [0.15, 0.2) is 12.2 Å². The van der Waals surface area contributed by atoms with E-state index in [9.17, 15) is 0 Å². The molecule has 0 amide bonds. The van der Waals surface area contributed by atoms with Crippen LogP contribution in [0, 0.1) is 11.8 Å². The molecule has 2 fully saturated rings. The molecule has 0 aromatic rings. The maximum atomic E-state index is 5.49. The monoisotopic (exact) mass is 193 g/mol. The van der Waals surface area contributed by atoms with E-state index in [4.69, 9.17) is 4.74 Å². The molecule has 1 aliphatic heterocycles. The predicted molar refractivity (Wildman–Crippen MR) is 56.1 cm³/mol. The van der Waals surface area contributed by atoms with Crippen molar-refractivity contribution in [3.63, 3.8) is 0 Å². The molecule has 14 heavy (non-hydrogen) atoms. The summed E-state index contributed by atoms with van der Waals surface area (Å²) in [5.41, 5.74) is 0. The average Bonchev–Trinajstić information content (AvgIpc) is 2.81. The van der Waals surface area contributed by atoms with Crippen LogP contribution in [0.4, 0.5) is 0 Å². The van der Waals surface area contributed by atoms with Crippen molar-refractivity contribution in [1.82, 2.24) is 5.32 Å². The topological polar surface area (TPSA) is 21.3 Å². The highest BCUT2D eigenvalue weighted by molar-refractivity contribution is 5.12. The second-order valence-corrected chi connectivity index (χ2v) is 4.97. The quantitative estimate of drug-likeness (QED) is 0.674. The van der Waals surface area contributed by atoms with Gasteiger partial charge in [0.1, 0.15) is 0 Å². The molecule has 78 valence electrons. The van der Waals surface area contributed by atoms with E-state index in [2.05, 4.69) is 17.5 Å². The Morgan fingerprint density at radius 3 is 2.86 bits per heavy atom. The number of rotatable bonds is 2. The molecule has 3 rings (SSSR count). The summed E-state index contributed by atoms with van der Waals surface area (Å²) >= 11 is 0. The first-order chi connectivity index (χ1) is 6.92. The van der Waals surface area contributed by atoms with Gasteiger partial charge in [0.2, 0.25) is 0 Å². The van der Waals surface area contributed by atoms with Crippen LogP contribution in [0.2, 0.25) is 0 Å². The Kier molecular flexibility index (Phi) is 2.34. The lowest BCUT2D eigenvalue weighted by Crippen LogP contribution is -2.44. The van der Waals surface area contributed by atoms with Gasteiger partial charge in [-0.2, -0.15) is 0 Å². The van der Waals surface area contributed by atoms with Crippen molar-refractivity contribution in [2.45, 2.75) is 37.8 Å². The van der Waals surface area contributed by atoms with Crippen LogP contribution < -0.4 is 5.32 Å². The van der Waals surface area contributed by atoms with E-state index in [-0.39, 0.29) is 0 Å². The maximum Gasteiger partial charge on any atom is 0.0619 e. The standard InChI is InChI=1S/C12H19NO/c1-2-11(8-14-5-1)13-12-7-9-3-4-10(12)6-9/h3-4,9-13H,1-2,5-8H2. The van der Waals surface area contributed by atoms with Crippen LogP contribution in [0.3, 0.4) is 0 Å². The Bertz CT molecular complexity index is 232. The zero-order valence-electron chi connectivity index (χ0n) is 8.61. The molecule has 0 spiro atoms. The summed E-state index contributed by atoms with van der Waals surface area (Å²) in [5.74, 6) is 1.70. The Morgan fingerprint density at radius 1 is 1.21 bits per heavy atom. The van der Waals surface area contributed by atoms with Crippen LogP contribution in [0.5, 0.6) is 0 Å². The van der Waals surface area contributed by atoms with Crippen LogP contribution in [-0.4, -0.2) is 25.3 Å². The third-order valence-corrected chi connectivity index (χ3v) is 3.89. The summed E-state index contributed by atoms with van der Waals surface area (Å²) in [6.45, 7) is 1.90. The van der Waals surface area contributed by atoms with Gasteiger partial charge in [-0.3, -0.25) is 0 Å². The van der Waals surface area contributed by atoms with Crippen molar-refractivity contribution in [3.05, 3.63) is 12.2 Å². The molecule has 3 aliphatic rings. The first-order valence-corrected chi connectivity index (χ1v) is 5.94. The van der Waals surface area contributed by atoms with E-state index < -0.39 is 0 Å². The molecule has 1 heterocycles. The van der Waals surface area contributed by atoms with Gasteiger partial charge in [-0.15, -0.1) is 0 Å². The number of allylic oxidation sites excluding steroid dienone is 1. The van der Waals surface area contributed by atoms with Crippen molar-refractivity contribution in [2.75, 3.05) is 13.2 Å². The number of hydrogen-bond donors (Lipinski definition) is 1. The molecule has 0 radical (unpaired) electrons. The molecule has 1 saturated heterocycles. The number of hydrogen-bond acceptors (Lipinski definition) is 2. The van der Waals surface area contributed by atoms with E-state index in [0.29, 0.717) is 6.04 Å². The van der Waals surface area contributed by atoms with Gasteiger partial charge in [0.15, 0.2) is 0 Å². The smallest absolute Gasteiger partial charge is 0.0619 e. The Balaban J connectivity index is 1.54. The first kappa shape index (κ1) is 8.93. The molecule has 4 atom stereocenters. The molecule has 2 bridgehead atoms. The molecule has 2 aliphatic carbocycles. The summed E-state index contributed by atoms with van der Waals surface area (Å²) in [6, 6.07) is 1.37. The van der Waals surface area contributed by atoms with Crippen molar-refractivity contribution < 1.29 is 4.74 Å². The maximum absolute atomic E-state index is 5.49. The highest BCUT2D eigenvalue weighted by atomic mass is 16.5. The SMILES string of the molecule is C1=CC2CC1CC2NC1CCCOC1. The fourth-order valence-electron chi connectivity index (χ4n) is 3.15. The first-order valence-electron chi connectivity index (χ1n) is 5.94. The Hall–Kier alpha value is -0.340. The average molecular weight is 193 g/mol. The molecule has 4 unspecified atom stereocenters. The Morgan fingerprint density at radius 2 is 2.21 bits per heavy atom. The zero-order chi connectivity index (χ0) is 9.38. The minimum Gasteiger partial charge on any atom is -0.380 e. The number of ether oxygens (including phenoxy) is 1. The minimum absolute atomic E-state index is 0.626. The van der Waals surface area contributed by atoms with E-state index in [0.717, 1.165) is 31.1 Å². The lowest BCUT2D eigenvalue weighted by molar-refractivity contribution is 0.0651.